The van der Waals surface area contributed by atoms with Gasteiger partial charge in [-0.25, -0.2) is 0 Å². The molecule has 0 bridgehead atoms. The molecule has 3 atom stereocenters. The van der Waals surface area contributed by atoms with Gasteiger partial charge in [0.2, 0.25) is 0 Å². The molecule has 4 fully saturated rings. The second-order valence-corrected chi connectivity index (χ2v) is 10.8. The van der Waals surface area contributed by atoms with Gasteiger partial charge < -0.3 is 19.9 Å². The minimum atomic E-state index is -4.45. The average Bonchev–Trinajstić information content (AvgIpc) is 3.32. The molecule has 0 unspecified atom stereocenters. The van der Waals surface area contributed by atoms with Gasteiger partial charge in [-0.2, -0.15) is 13.2 Å². The van der Waals surface area contributed by atoms with Crippen LogP contribution in [0.15, 0.2) is 6.07 Å². The molecule has 4 heterocycles. The lowest BCUT2D eigenvalue weighted by Gasteiger charge is -2.32. The van der Waals surface area contributed by atoms with E-state index in [9.17, 15) is 13.2 Å². The average molecular weight is 468 g/mol. The Bertz CT molecular complexity index is 802. The van der Waals surface area contributed by atoms with Crippen molar-refractivity contribution in [2.75, 3.05) is 56.2 Å². The number of fused-ring (bicyclic) bond motifs is 1. The minimum absolute atomic E-state index is 0.0292. The molecular formula is C24H36F3N5O. The Morgan fingerprint density at radius 3 is 2.45 bits per heavy atom. The highest BCUT2D eigenvalue weighted by atomic mass is 19.4. The second kappa shape index (κ2) is 9.56. The number of hydrogen-bond donors (Lipinski definition) is 1. The van der Waals surface area contributed by atoms with Crippen LogP contribution in [0.3, 0.4) is 0 Å². The van der Waals surface area contributed by atoms with Crippen molar-refractivity contribution in [3.05, 3.63) is 11.6 Å². The van der Waals surface area contributed by atoms with Crippen LogP contribution in [0.1, 0.15) is 51.0 Å². The normalized spacial score (nSPS) is 30.1. The van der Waals surface area contributed by atoms with E-state index >= 15 is 0 Å². The SMILES string of the molecule is C[C@H]1CCCN(c2cc(C(F)(F)F)c(NC3C[C@@H]4CN(CC5CCOCC5)C[C@H]4C3)nn2)C1. The third-order valence-corrected chi connectivity index (χ3v) is 8.09. The fraction of sp³-hybridized carbons (Fsp3) is 0.833. The third-order valence-electron chi connectivity index (χ3n) is 8.09. The molecule has 9 heteroatoms. The summed E-state index contributed by atoms with van der Waals surface area (Å²) in [4.78, 5) is 4.50. The van der Waals surface area contributed by atoms with Crippen LogP contribution in [0.4, 0.5) is 24.8 Å². The van der Waals surface area contributed by atoms with E-state index in [1.54, 1.807) is 0 Å². The number of nitrogens with one attached hydrogen (secondary N) is 1. The highest BCUT2D eigenvalue weighted by Crippen LogP contribution is 2.42. The highest BCUT2D eigenvalue weighted by Gasteiger charge is 2.43. The third kappa shape index (κ3) is 5.39. The quantitative estimate of drug-likeness (QED) is 0.698. The van der Waals surface area contributed by atoms with E-state index < -0.39 is 11.7 Å². The van der Waals surface area contributed by atoms with E-state index in [1.807, 2.05) is 4.90 Å². The molecule has 184 valence electrons. The summed E-state index contributed by atoms with van der Waals surface area (Å²) in [5, 5.41) is 11.4. The number of nitrogens with zero attached hydrogens (tertiary/aromatic N) is 4. The number of ether oxygens (including phenoxy) is 1. The summed E-state index contributed by atoms with van der Waals surface area (Å²) in [5.74, 6) is 2.51. The first kappa shape index (κ1) is 23.1. The maximum absolute atomic E-state index is 13.9. The Morgan fingerprint density at radius 1 is 1.06 bits per heavy atom. The molecule has 4 aliphatic rings. The van der Waals surface area contributed by atoms with Crippen LogP contribution < -0.4 is 10.2 Å². The summed E-state index contributed by atoms with van der Waals surface area (Å²) < 4.78 is 47.2. The molecule has 5 rings (SSSR count). The Balaban J connectivity index is 1.21. The maximum atomic E-state index is 13.9. The molecule has 0 amide bonds. The maximum Gasteiger partial charge on any atom is 0.420 e. The number of likely N-dealkylation sites (tertiary alicyclic amines) is 1. The summed E-state index contributed by atoms with van der Waals surface area (Å²) in [6.07, 6.45) is 1.71. The van der Waals surface area contributed by atoms with E-state index in [4.69, 9.17) is 4.74 Å². The van der Waals surface area contributed by atoms with Crippen molar-refractivity contribution >= 4 is 11.6 Å². The van der Waals surface area contributed by atoms with E-state index in [2.05, 4.69) is 27.3 Å². The Labute approximate surface area is 194 Å². The van der Waals surface area contributed by atoms with E-state index in [0.717, 1.165) is 90.4 Å². The zero-order chi connectivity index (χ0) is 23.0. The lowest BCUT2D eigenvalue weighted by molar-refractivity contribution is -0.137. The number of rotatable bonds is 5. The fourth-order valence-corrected chi connectivity index (χ4v) is 6.41. The van der Waals surface area contributed by atoms with Crippen LogP contribution in [-0.4, -0.2) is 67.1 Å². The molecule has 0 aromatic carbocycles. The number of anilines is 2. The van der Waals surface area contributed by atoms with Gasteiger partial charge in [0.25, 0.3) is 0 Å². The predicted octanol–water partition coefficient (Wildman–Crippen LogP) is 4.28. The van der Waals surface area contributed by atoms with Gasteiger partial charge in [-0.3, -0.25) is 0 Å². The molecule has 33 heavy (non-hydrogen) atoms. The molecule has 1 aliphatic carbocycles. The lowest BCUT2D eigenvalue weighted by atomic mass is 10.00. The van der Waals surface area contributed by atoms with Crippen molar-refractivity contribution in [3.63, 3.8) is 0 Å². The largest absolute Gasteiger partial charge is 0.420 e. The van der Waals surface area contributed by atoms with Crippen LogP contribution in [0, 0.1) is 23.7 Å². The van der Waals surface area contributed by atoms with Crippen LogP contribution in [0.2, 0.25) is 0 Å². The van der Waals surface area contributed by atoms with Gasteiger partial charge in [0.1, 0.15) is 5.56 Å². The summed E-state index contributed by atoms with van der Waals surface area (Å²) >= 11 is 0. The number of halogens is 3. The van der Waals surface area contributed by atoms with Crippen molar-refractivity contribution < 1.29 is 17.9 Å². The van der Waals surface area contributed by atoms with Crippen molar-refractivity contribution in [1.29, 1.82) is 0 Å². The van der Waals surface area contributed by atoms with Gasteiger partial charge in [-0.15, -0.1) is 10.2 Å². The zero-order valence-corrected chi connectivity index (χ0v) is 19.5. The van der Waals surface area contributed by atoms with E-state index in [-0.39, 0.29) is 11.9 Å². The molecule has 1 aromatic heterocycles. The van der Waals surface area contributed by atoms with Gasteiger partial charge in [0.15, 0.2) is 11.6 Å². The second-order valence-electron chi connectivity index (χ2n) is 10.8. The lowest BCUT2D eigenvalue weighted by Crippen LogP contribution is -2.35. The smallest absolute Gasteiger partial charge is 0.381 e. The topological polar surface area (TPSA) is 53.5 Å². The first-order chi connectivity index (χ1) is 15.8. The highest BCUT2D eigenvalue weighted by molar-refractivity contribution is 5.53. The summed E-state index contributed by atoms with van der Waals surface area (Å²) in [6, 6.07) is 1.22. The Morgan fingerprint density at radius 2 is 1.79 bits per heavy atom. The first-order valence-electron chi connectivity index (χ1n) is 12.6. The summed E-state index contributed by atoms with van der Waals surface area (Å²) in [7, 11) is 0. The molecule has 3 saturated heterocycles. The number of aromatic nitrogens is 2. The van der Waals surface area contributed by atoms with Crippen molar-refractivity contribution in [3.8, 4) is 0 Å². The van der Waals surface area contributed by atoms with Crippen LogP contribution in [0.25, 0.3) is 0 Å². The fourth-order valence-electron chi connectivity index (χ4n) is 6.41. The first-order valence-corrected chi connectivity index (χ1v) is 12.6. The monoisotopic (exact) mass is 467 g/mol. The van der Waals surface area contributed by atoms with Gasteiger partial charge in [0.05, 0.1) is 0 Å². The van der Waals surface area contributed by atoms with Gasteiger partial charge in [0, 0.05) is 52.0 Å². The molecule has 0 spiro atoms. The Hall–Kier alpha value is -1.61. The number of alkyl halides is 3. The van der Waals surface area contributed by atoms with E-state index in [1.165, 1.54) is 6.07 Å². The van der Waals surface area contributed by atoms with Gasteiger partial charge in [-0.1, -0.05) is 6.92 Å². The Kier molecular flexibility index (Phi) is 6.71. The summed E-state index contributed by atoms with van der Waals surface area (Å²) in [5.41, 5.74) is -0.691. The molecule has 1 aromatic rings. The molecular weight excluding hydrogens is 431 g/mol. The predicted molar refractivity (Wildman–Crippen MR) is 121 cm³/mol. The standard InChI is InChI=1S/C24H36F3N5O/c1-16-3-2-6-32(12-16)22-11-21(24(25,26)27)23(30-29-22)28-20-9-18-14-31(15-19(18)10-20)13-17-4-7-33-8-5-17/h11,16-20H,2-10,12-15H2,1H3,(H,28,30)/t16-,18+,19+/m0/s1. The van der Waals surface area contributed by atoms with Crippen LogP contribution >= 0.6 is 0 Å². The molecule has 6 nitrogen and oxygen atoms in total. The molecule has 1 saturated carbocycles. The number of hydrogen-bond acceptors (Lipinski definition) is 6. The minimum Gasteiger partial charge on any atom is -0.381 e. The molecule has 3 aliphatic heterocycles. The van der Waals surface area contributed by atoms with E-state index in [0.29, 0.717) is 23.6 Å². The summed E-state index contributed by atoms with van der Waals surface area (Å²) in [6.45, 7) is 8.59. The number of piperidine rings is 1. The van der Waals surface area contributed by atoms with Crippen molar-refractivity contribution in [2.45, 2.75) is 57.7 Å². The van der Waals surface area contributed by atoms with Crippen LogP contribution in [0.5, 0.6) is 0 Å². The van der Waals surface area contributed by atoms with Gasteiger partial charge in [-0.05, 0) is 68.3 Å². The van der Waals surface area contributed by atoms with Gasteiger partial charge >= 0.3 is 6.18 Å². The molecule has 0 radical (unpaired) electrons. The van der Waals surface area contributed by atoms with Crippen LogP contribution in [-0.2, 0) is 10.9 Å². The zero-order valence-electron chi connectivity index (χ0n) is 19.5. The van der Waals surface area contributed by atoms with Crippen molar-refractivity contribution in [1.82, 2.24) is 15.1 Å². The molecule has 1 N–H and O–H groups in total. The van der Waals surface area contributed by atoms with Crippen molar-refractivity contribution in [2.24, 2.45) is 23.7 Å².